The molecule has 0 aromatic heterocycles. The first kappa shape index (κ1) is 21.4. The molecule has 0 saturated heterocycles. The van der Waals surface area contributed by atoms with Crippen molar-refractivity contribution in [1.29, 1.82) is 0 Å². The molecular formula is C19H39NO2. The van der Waals surface area contributed by atoms with Gasteiger partial charge in [-0.05, 0) is 25.8 Å². The van der Waals surface area contributed by atoms with E-state index in [-0.39, 0.29) is 5.97 Å². The number of ether oxygens (including phenoxy) is 1. The summed E-state index contributed by atoms with van der Waals surface area (Å²) in [5.41, 5.74) is 0. The van der Waals surface area contributed by atoms with Crippen LogP contribution in [0.2, 0.25) is 0 Å². The molecule has 3 nitrogen and oxygen atoms in total. The molecule has 132 valence electrons. The maximum atomic E-state index is 11.2. The van der Waals surface area contributed by atoms with Gasteiger partial charge in [0.15, 0.2) is 0 Å². The van der Waals surface area contributed by atoms with Crippen molar-refractivity contribution in [3.05, 3.63) is 0 Å². The smallest absolute Gasteiger partial charge is 0.306 e. The molecule has 0 saturated carbocycles. The number of hydrogen-bond acceptors (Lipinski definition) is 3. The Bertz CT molecular complexity index is 244. The Morgan fingerprint density at radius 3 is 1.95 bits per heavy atom. The molecule has 0 aromatic rings. The van der Waals surface area contributed by atoms with Crippen LogP contribution >= 0.6 is 0 Å². The van der Waals surface area contributed by atoms with Crippen LogP contribution in [0.3, 0.4) is 0 Å². The number of methoxy groups -OCH3 is 1. The van der Waals surface area contributed by atoms with E-state index in [1.807, 2.05) is 0 Å². The van der Waals surface area contributed by atoms with Gasteiger partial charge >= 0.3 is 5.97 Å². The monoisotopic (exact) mass is 313 g/mol. The Labute approximate surface area is 138 Å². The van der Waals surface area contributed by atoms with E-state index >= 15 is 0 Å². The molecule has 0 bridgehead atoms. The zero-order valence-corrected chi connectivity index (χ0v) is 15.5. The molecule has 0 amide bonds. The van der Waals surface area contributed by atoms with Gasteiger partial charge in [0.25, 0.3) is 0 Å². The molecule has 0 atom stereocenters. The van der Waals surface area contributed by atoms with Crippen molar-refractivity contribution in [2.24, 2.45) is 5.92 Å². The minimum absolute atomic E-state index is 0.103. The van der Waals surface area contributed by atoms with Gasteiger partial charge in [-0.3, -0.25) is 4.79 Å². The lowest BCUT2D eigenvalue weighted by molar-refractivity contribution is -0.140. The fraction of sp³-hybridized carbons (Fsp3) is 0.947. The molecule has 0 aliphatic rings. The van der Waals surface area contributed by atoms with Crippen molar-refractivity contribution in [3.63, 3.8) is 0 Å². The van der Waals surface area contributed by atoms with E-state index in [1.165, 1.54) is 71.3 Å². The summed E-state index contributed by atoms with van der Waals surface area (Å²) in [6.45, 7) is 6.47. The summed E-state index contributed by atoms with van der Waals surface area (Å²) in [6, 6.07) is 0. The zero-order valence-electron chi connectivity index (χ0n) is 15.5. The van der Waals surface area contributed by atoms with Gasteiger partial charge in [-0.2, -0.15) is 0 Å². The maximum Gasteiger partial charge on any atom is 0.306 e. The SMILES string of the molecule is CCCCCCC(CCCCCC)CN(C)CCC(=O)OC. The molecule has 0 radical (unpaired) electrons. The largest absolute Gasteiger partial charge is 0.469 e. The quantitative estimate of drug-likeness (QED) is 0.313. The Hall–Kier alpha value is -0.570. The van der Waals surface area contributed by atoms with E-state index in [4.69, 9.17) is 4.74 Å². The summed E-state index contributed by atoms with van der Waals surface area (Å²) >= 11 is 0. The lowest BCUT2D eigenvalue weighted by Gasteiger charge is -2.24. The van der Waals surface area contributed by atoms with Crippen LogP contribution in [0.4, 0.5) is 0 Å². The highest BCUT2D eigenvalue weighted by atomic mass is 16.5. The van der Waals surface area contributed by atoms with Gasteiger partial charge in [0.2, 0.25) is 0 Å². The summed E-state index contributed by atoms with van der Waals surface area (Å²) in [6.07, 6.45) is 14.0. The Kier molecular flexibility index (Phi) is 14.9. The van der Waals surface area contributed by atoms with Gasteiger partial charge in [-0.15, -0.1) is 0 Å². The van der Waals surface area contributed by atoms with Crippen LogP contribution in [0, 0.1) is 5.92 Å². The number of esters is 1. The molecule has 3 heteroatoms. The lowest BCUT2D eigenvalue weighted by Crippen LogP contribution is -2.28. The highest BCUT2D eigenvalue weighted by molar-refractivity contribution is 5.69. The van der Waals surface area contributed by atoms with E-state index in [0.717, 1.165) is 19.0 Å². The summed E-state index contributed by atoms with van der Waals surface area (Å²) < 4.78 is 4.72. The standard InChI is InChI=1S/C19H39NO2/c1-5-7-9-11-13-18(14-12-10-8-6-2)17-20(3)16-15-19(21)22-4/h18H,5-17H2,1-4H3. The summed E-state index contributed by atoms with van der Waals surface area (Å²) in [7, 11) is 3.60. The van der Waals surface area contributed by atoms with Gasteiger partial charge in [-0.1, -0.05) is 65.2 Å². The number of unbranched alkanes of at least 4 members (excludes halogenated alkanes) is 6. The van der Waals surface area contributed by atoms with Crippen LogP contribution < -0.4 is 0 Å². The fourth-order valence-corrected chi connectivity index (χ4v) is 2.96. The number of nitrogens with zero attached hydrogens (tertiary/aromatic N) is 1. The Morgan fingerprint density at radius 1 is 0.955 bits per heavy atom. The second-order valence-corrected chi connectivity index (χ2v) is 6.65. The van der Waals surface area contributed by atoms with E-state index in [0.29, 0.717) is 6.42 Å². The molecule has 0 rings (SSSR count). The predicted octanol–water partition coefficient (Wildman–Crippen LogP) is 5.04. The first-order chi connectivity index (χ1) is 10.6. The van der Waals surface area contributed by atoms with E-state index in [2.05, 4.69) is 25.8 Å². The minimum Gasteiger partial charge on any atom is -0.469 e. The van der Waals surface area contributed by atoms with Crippen LogP contribution in [0.1, 0.15) is 84.5 Å². The summed E-state index contributed by atoms with van der Waals surface area (Å²) in [5.74, 6) is 0.686. The molecular weight excluding hydrogens is 274 g/mol. The van der Waals surface area contributed by atoms with Gasteiger partial charge in [0.05, 0.1) is 13.5 Å². The molecule has 0 fully saturated rings. The molecule has 0 unspecified atom stereocenters. The lowest BCUT2D eigenvalue weighted by atomic mass is 9.94. The van der Waals surface area contributed by atoms with Crippen molar-refractivity contribution < 1.29 is 9.53 Å². The molecule has 0 aliphatic heterocycles. The minimum atomic E-state index is -0.103. The van der Waals surface area contributed by atoms with Crippen LogP contribution in [0.5, 0.6) is 0 Å². The van der Waals surface area contributed by atoms with Gasteiger partial charge < -0.3 is 9.64 Å². The Balaban J connectivity index is 4.04. The second kappa shape index (κ2) is 15.3. The van der Waals surface area contributed by atoms with Crippen LogP contribution in [-0.4, -0.2) is 38.1 Å². The van der Waals surface area contributed by atoms with Gasteiger partial charge in [0, 0.05) is 13.1 Å². The highest BCUT2D eigenvalue weighted by Crippen LogP contribution is 2.19. The van der Waals surface area contributed by atoms with Crippen molar-refractivity contribution in [2.75, 3.05) is 27.2 Å². The number of rotatable bonds is 15. The maximum absolute atomic E-state index is 11.2. The molecule has 0 spiro atoms. The van der Waals surface area contributed by atoms with Crippen LogP contribution in [0.15, 0.2) is 0 Å². The molecule has 0 heterocycles. The second-order valence-electron chi connectivity index (χ2n) is 6.65. The van der Waals surface area contributed by atoms with Crippen molar-refractivity contribution in [3.8, 4) is 0 Å². The van der Waals surface area contributed by atoms with Crippen molar-refractivity contribution in [1.82, 2.24) is 4.90 Å². The highest BCUT2D eigenvalue weighted by Gasteiger charge is 2.12. The van der Waals surface area contributed by atoms with Crippen molar-refractivity contribution in [2.45, 2.75) is 84.5 Å². The molecule has 0 N–H and O–H groups in total. The summed E-state index contributed by atoms with van der Waals surface area (Å²) in [4.78, 5) is 13.5. The Morgan fingerprint density at radius 2 is 1.50 bits per heavy atom. The van der Waals surface area contributed by atoms with Crippen LogP contribution in [-0.2, 0) is 9.53 Å². The van der Waals surface area contributed by atoms with Gasteiger partial charge in [0.1, 0.15) is 0 Å². The fourth-order valence-electron chi connectivity index (χ4n) is 2.96. The van der Waals surface area contributed by atoms with Crippen LogP contribution in [0.25, 0.3) is 0 Å². The number of carbonyl (C=O) groups excluding carboxylic acids is 1. The van der Waals surface area contributed by atoms with Gasteiger partial charge in [-0.25, -0.2) is 0 Å². The van der Waals surface area contributed by atoms with Crippen molar-refractivity contribution >= 4 is 5.97 Å². The van der Waals surface area contributed by atoms with E-state index < -0.39 is 0 Å². The molecule has 0 aliphatic carbocycles. The third-order valence-corrected chi connectivity index (χ3v) is 4.43. The molecule has 22 heavy (non-hydrogen) atoms. The first-order valence-electron chi connectivity index (χ1n) is 9.39. The predicted molar refractivity (Wildman–Crippen MR) is 95.1 cm³/mol. The van der Waals surface area contributed by atoms with E-state index in [1.54, 1.807) is 0 Å². The zero-order chi connectivity index (χ0) is 16.6. The van der Waals surface area contributed by atoms with E-state index in [9.17, 15) is 4.79 Å². The molecule has 0 aromatic carbocycles. The average molecular weight is 314 g/mol. The normalized spacial score (nSPS) is 11.4. The third-order valence-electron chi connectivity index (χ3n) is 4.43. The number of carbonyl (C=O) groups is 1. The average Bonchev–Trinajstić information content (AvgIpc) is 2.52. The third kappa shape index (κ3) is 13.1. The summed E-state index contributed by atoms with van der Waals surface area (Å²) in [5, 5.41) is 0. The number of hydrogen-bond donors (Lipinski definition) is 0. The first-order valence-corrected chi connectivity index (χ1v) is 9.39. The topological polar surface area (TPSA) is 29.5 Å².